The lowest BCUT2D eigenvalue weighted by Gasteiger charge is -2.08. The number of anilines is 1. The average Bonchev–Trinajstić information content (AvgIpc) is 3.15. The summed E-state index contributed by atoms with van der Waals surface area (Å²) in [5.74, 6) is -0.701. The predicted molar refractivity (Wildman–Crippen MR) is 108 cm³/mol. The fraction of sp³-hybridized carbons (Fsp3) is 0.200. The minimum Gasteiger partial charge on any atom is -0.459 e. The first-order valence-electron chi connectivity index (χ1n) is 8.83. The van der Waals surface area contributed by atoms with Crippen LogP contribution in [-0.2, 0) is 9.53 Å². The maximum atomic E-state index is 13.8. The van der Waals surface area contributed by atoms with Crippen LogP contribution in [0.2, 0.25) is 0 Å². The van der Waals surface area contributed by atoms with Gasteiger partial charge < -0.3 is 10.1 Å². The van der Waals surface area contributed by atoms with Crippen LogP contribution in [0.1, 0.15) is 24.2 Å². The number of benzene rings is 2. The summed E-state index contributed by atoms with van der Waals surface area (Å²) in [5, 5.41) is 9.73. The van der Waals surface area contributed by atoms with Crippen LogP contribution >= 0.6 is 11.8 Å². The fourth-order valence-electron chi connectivity index (χ4n) is 2.38. The lowest BCUT2D eigenvalue weighted by atomic mass is 10.2. The van der Waals surface area contributed by atoms with E-state index in [1.165, 1.54) is 6.07 Å². The normalized spacial score (nSPS) is 10.8. The van der Waals surface area contributed by atoms with E-state index in [0.717, 1.165) is 11.8 Å². The molecule has 0 fully saturated rings. The van der Waals surface area contributed by atoms with Crippen molar-refractivity contribution in [3.05, 3.63) is 59.9 Å². The second kappa shape index (κ2) is 9.33. The summed E-state index contributed by atoms with van der Waals surface area (Å²) in [6.45, 7) is 3.55. The van der Waals surface area contributed by atoms with Crippen molar-refractivity contribution in [1.82, 2.24) is 15.2 Å². The van der Waals surface area contributed by atoms with Gasteiger partial charge in [0.2, 0.25) is 11.1 Å². The largest absolute Gasteiger partial charge is 0.459 e. The molecule has 2 aromatic carbocycles. The summed E-state index contributed by atoms with van der Waals surface area (Å²) < 4.78 is 18.9. The summed E-state index contributed by atoms with van der Waals surface area (Å²) in [4.78, 5) is 28.2. The van der Waals surface area contributed by atoms with Gasteiger partial charge >= 0.3 is 5.97 Å². The van der Waals surface area contributed by atoms with Crippen LogP contribution in [0.25, 0.3) is 11.4 Å². The van der Waals surface area contributed by atoms with Crippen LogP contribution < -0.4 is 5.32 Å². The number of nitrogens with zero attached hydrogens (tertiary/aromatic N) is 2. The molecule has 9 heteroatoms. The molecule has 7 nitrogen and oxygen atoms in total. The van der Waals surface area contributed by atoms with E-state index in [-0.39, 0.29) is 17.8 Å². The number of aromatic amines is 1. The fourth-order valence-corrected chi connectivity index (χ4v) is 2.98. The van der Waals surface area contributed by atoms with E-state index < -0.39 is 11.8 Å². The molecule has 2 N–H and O–H groups in total. The van der Waals surface area contributed by atoms with Crippen molar-refractivity contribution < 1.29 is 18.7 Å². The Hall–Kier alpha value is -3.20. The summed E-state index contributed by atoms with van der Waals surface area (Å²) in [6.07, 6.45) is -0.201. The number of hydrogen-bond acceptors (Lipinski definition) is 6. The molecule has 150 valence electrons. The second-order valence-corrected chi connectivity index (χ2v) is 7.26. The molecule has 0 aliphatic heterocycles. The van der Waals surface area contributed by atoms with Crippen molar-refractivity contribution in [3.63, 3.8) is 0 Å². The van der Waals surface area contributed by atoms with Crippen molar-refractivity contribution >= 4 is 29.3 Å². The first-order chi connectivity index (χ1) is 13.9. The van der Waals surface area contributed by atoms with Gasteiger partial charge in [0.05, 0.1) is 23.0 Å². The van der Waals surface area contributed by atoms with Crippen LogP contribution in [-0.4, -0.2) is 38.9 Å². The first kappa shape index (κ1) is 20.5. The Bertz CT molecular complexity index is 1000. The van der Waals surface area contributed by atoms with E-state index in [4.69, 9.17) is 4.74 Å². The van der Waals surface area contributed by atoms with E-state index in [9.17, 15) is 14.0 Å². The molecular weight excluding hydrogens is 395 g/mol. The lowest BCUT2D eigenvalue weighted by molar-refractivity contribution is -0.113. The van der Waals surface area contributed by atoms with E-state index in [0.29, 0.717) is 27.8 Å². The molecule has 29 heavy (non-hydrogen) atoms. The van der Waals surface area contributed by atoms with Gasteiger partial charge in [0, 0.05) is 5.69 Å². The first-order valence-corrected chi connectivity index (χ1v) is 9.82. The third-order valence-corrected chi connectivity index (χ3v) is 4.52. The monoisotopic (exact) mass is 414 g/mol. The molecule has 3 aromatic rings. The quantitative estimate of drug-likeness (QED) is 0.449. The molecule has 0 unspecified atom stereocenters. The smallest absolute Gasteiger partial charge is 0.338 e. The SMILES string of the molecule is CC(C)OC(=O)c1ccc(NC(=O)CSc2n[nH]c(-c3ccccc3F)n2)cc1. The zero-order valence-electron chi connectivity index (χ0n) is 15.8. The van der Waals surface area contributed by atoms with E-state index in [1.807, 2.05) is 0 Å². The topological polar surface area (TPSA) is 97.0 Å². The Morgan fingerprint density at radius 2 is 1.90 bits per heavy atom. The van der Waals surface area contributed by atoms with Crippen molar-refractivity contribution in [2.45, 2.75) is 25.1 Å². The minimum absolute atomic E-state index is 0.0751. The highest BCUT2D eigenvalue weighted by Gasteiger charge is 2.13. The van der Waals surface area contributed by atoms with Crippen molar-refractivity contribution in [2.75, 3.05) is 11.1 Å². The van der Waals surface area contributed by atoms with E-state index in [2.05, 4.69) is 20.5 Å². The highest BCUT2D eigenvalue weighted by molar-refractivity contribution is 7.99. The van der Waals surface area contributed by atoms with Gasteiger partial charge in [0.15, 0.2) is 5.82 Å². The van der Waals surface area contributed by atoms with Crippen molar-refractivity contribution in [3.8, 4) is 11.4 Å². The number of H-pyrrole nitrogens is 1. The number of aromatic nitrogens is 3. The van der Waals surface area contributed by atoms with Gasteiger partial charge in [-0.25, -0.2) is 14.2 Å². The van der Waals surface area contributed by atoms with Crippen LogP contribution in [0.4, 0.5) is 10.1 Å². The number of hydrogen-bond donors (Lipinski definition) is 2. The van der Waals surface area contributed by atoms with Gasteiger partial charge in [-0.3, -0.25) is 9.89 Å². The molecule has 1 amide bonds. The summed E-state index contributed by atoms with van der Waals surface area (Å²) in [5.41, 5.74) is 1.28. The number of carbonyl (C=O) groups is 2. The molecule has 0 radical (unpaired) electrons. The molecule has 0 bridgehead atoms. The summed E-state index contributed by atoms with van der Waals surface area (Å²) >= 11 is 1.12. The van der Waals surface area contributed by atoms with Gasteiger partial charge in [0.1, 0.15) is 5.82 Å². The number of amides is 1. The highest BCUT2D eigenvalue weighted by atomic mass is 32.2. The van der Waals surface area contributed by atoms with Gasteiger partial charge in [-0.15, -0.1) is 5.10 Å². The van der Waals surface area contributed by atoms with Gasteiger partial charge in [-0.2, -0.15) is 0 Å². The molecule has 0 aliphatic carbocycles. The molecule has 0 spiro atoms. The molecule has 0 aliphatic rings. The predicted octanol–water partition coefficient (Wildman–Crippen LogP) is 3.91. The Morgan fingerprint density at radius 1 is 1.17 bits per heavy atom. The third-order valence-electron chi connectivity index (χ3n) is 3.67. The van der Waals surface area contributed by atoms with Crippen LogP contribution in [0, 0.1) is 5.82 Å². The Kier molecular flexibility index (Phi) is 6.61. The number of halogens is 1. The lowest BCUT2D eigenvalue weighted by Crippen LogP contribution is -2.15. The zero-order valence-corrected chi connectivity index (χ0v) is 16.6. The number of thioether (sulfide) groups is 1. The Labute approximate surface area is 171 Å². The van der Waals surface area contributed by atoms with E-state index in [1.54, 1.807) is 56.3 Å². The second-order valence-electron chi connectivity index (χ2n) is 6.31. The third kappa shape index (κ3) is 5.64. The van der Waals surface area contributed by atoms with Crippen molar-refractivity contribution in [1.29, 1.82) is 0 Å². The number of esters is 1. The minimum atomic E-state index is -0.413. The van der Waals surface area contributed by atoms with E-state index >= 15 is 0 Å². The number of nitrogens with one attached hydrogen (secondary N) is 2. The number of rotatable bonds is 7. The molecule has 0 atom stereocenters. The summed E-state index contributed by atoms with van der Waals surface area (Å²) in [7, 11) is 0. The van der Waals surface area contributed by atoms with Crippen LogP contribution in [0.3, 0.4) is 0 Å². The van der Waals surface area contributed by atoms with Crippen LogP contribution in [0.15, 0.2) is 53.7 Å². The molecule has 0 saturated carbocycles. The highest BCUT2D eigenvalue weighted by Crippen LogP contribution is 2.21. The van der Waals surface area contributed by atoms with Gasteiger partial charge in [-0.1, -0.05) is 23.9 Å². The molecule has 1 heterocycles. The zero-order chi connectivity index (χ0) is 20.8. The molecule has 3 rings (SSSR count). The number of ether oxygens (including phenoxy) is 1. The van der Waals surface area contributed by atoms with Gasteiger partial charge in [0.25, 0.3) is 0 Å². The van der Waals surface area contributed by atoms with Gasteiger partial charge in [-0.05, 0) is 50.2 Å². The molecule has 0 saturated heterocycles. The maximum Gasteiger partial charge on any atom is 0.338 e. The Morgan fingerprint density at radius 3 is 2.59 bits per heavy atom. The average molecular weight is 414 g/mol. The molecule has 1 aromatic heterocycles. The van der Waals surface area contributed by atoms with Crippen LogP contribution in [0.5, 0.6) is 0 Å². The molecular formula is C20H19FN4O3S. The Balaban J connectivity index is 1.53. The summed E-state index contributed by atoms with van der Waals surface area (Å²) in [6, 6.07) is 12.7. The van der Waals surface area contributed by atoms with Crippen molar-refractivity contribution in [2.24, 2.45) is 0 Å². The number of carbonyl (C=O) groups excluding carboxylic acids is 2. The maximum absolute atomic E-state index is 13.8. The standard InChI is InChI=1S/C20H19FN4O3S/c1-12(2)28-19(27)13-7-9-14(10-8-13)22-17(26)11-29-20-23-18(24-25-20)15-5-3-4-6-16(15)21/h3-10,12H,11H2,1-2H3,(H,22,26)(H,23,24,25).